The number of halogens is 2. The third-order valence-electron chi connectivity index (χ3n) is 6.27. The number of benzene rings is 2. The topological polar surface area (TPSA) is 0 Å². The summed E-state index contributed by atoms with van der Waals surface area (Å²) in [6.07, 6.45) is 4.94. The Bertz CT molecular complexity index is 808. The van der Waals surface area contributed by atoms with E-state index in [1.165, 1.54) is 11.1 Å². The van der Waals surface area contributed by atoms with Crippen molar-refractivity contribution in [2.24, 2.45) is 0 Å². The molecule has 2 aliphatic carbocycles. The van der Waals surface area contributed by atoms with E-state index in [0.29, 0.717) is 0 Å². The smallest absolute Gasteiger partial charge is 0 e. The number of hydrogen-bond acceptors (Lipinski definition) is 0. The first-order chi connectivity index (χ1) is 11.2. The molecule has 0 aromatic heterocycles. The van der Waals surface area contributed by atoms with Crippen LogP contribution in [0.1, 0.15) is 43.5 Å². The Labute approximate surface area is 189 Å². The van der Waals surface area contributed by atoms with E-state index in [0.717, 1.165) is 7.35 Å². The van der Waals surface area contributed by atoms with Crippen molar-refractivity contribution in [2.45, 2.75) is 29.6 Å². The fourth-order valence-corrected chi connectivity index (χ4v) is 33.7. The van der Waals surface area contributed by atoms with Gasteiger partial charge in [0, 0.05) is 48.0 Å². The fourth-order valence-electron chi connectivity index (χ4n) is 5.37. The van der Waals surface area contributed by atoms with Crippen LogP contribution in [0.3, 0.4) is 0 Å². The standard InChI is InChI=1S/2C10H9.C2H4.Hf.2I/c2*1-8-6-9-4-2-3-5-10(9)7-8;1-2;;;/h2*2-7H,1H3;1-2H2;;;. The van der Waals surface area contributed by atoms with Crippen molar-refractivity contribution in [3.05, 3.63) is 81.9 Å². The van der Waals surface area contributed by atoms with E-state index in [1.807, 2.05) is 0 Å². The molecule has 1 saturated heterocycles. The van der Waals surface area contributed by atoms with Gasteiger partial charge < -0.3 is 0 Å². The van der Waals surface area contributed by atoms with Crippen molar-refractivity contribution < 1.29 is 20.0 Å². The molecule has 5 rings (SSSR count). The summed E-state index contributed by atoms with van der Waals surface area (Å²) < 4.78 is 4.78. The van der Waals surface area contributed by atoms with Gasteiger partial charge in [0.05, 0.1) is 0 Å². The van der Waals surface area contributed by atoms with E-state index in [1.54, 1.807) is 30.6 Å². The first-order valence-electron chi connectivity index (χ1n) is 8.75. The van der Waals surface area contributed by atoms with Gasteiger partial charge in [0.15, 0.2) is 0 Å². The van der Waals surface area contributed by atoms with Crippen molar-refractivity contribution in [3.63, 3.8) is 0 Å². The van der Waals surface area contributed by atoms with Crippen LogP contribution in [0.2, 0.25) is 8.35 Å². The molecule has 25 heavy (non-hydrogen) atoms. The molecule has 0 bridgehead atoms. The molecule has 2 aromatic carbocycles. The van der Waals surface area contributed by atoms with Gasteiger partial charge in [0.25, 0.3) is 0 Å². The Kier molecular flexibility index (Phi) is 5.87. The summed E-state index contributed by atoms with van der Waals surface area (Å²) in [7, 11) is 0. The van der Waals surface area contributed by atoms with Gasteiger partial charge in [0.1, 0.15) is 0 Å². The van der Waals surface area contributed by atoms with Gasteiger partial charge in [-0.05, 0) is 0 Å². The molecule has 1 heterocycles. The molecule has 2 unspecified atom stereocenters. The number of hydrogen-bond donors (Lipinski definition) is 0. The molecular formula is C22H22HfI2. The normalized spacial score (nSPS) is 24.2. The van der Waals surface area contributed by atoms with Gasteiger partial charge in [-0.1, -0.05) is 0 Å². The van der Waals surface area contributed by atoms with E-state index in [9.17, 15) is 0 Å². The number of allylic oxidation sites excluding steroid dienone is 2. The predicted molar refractivity (Wildman–Crippen MR) is 123 cm³/mol. The van der Waals surface area contributed by atoms with Crippen molar-refractivity contribution in [1.82, 2.24) is 0 Å². The van der Waals surface area contributed by atoms with Crippen molar-refractivity contribution in [1.29, 1.82) is 0 Å². The summed E-state index contributed by atoms with van der Waals surface area (Å²) in [5.41, 5.74) is 9.61. The van der Waals surface area contributed by atoms with Crippen molar-refractivity contribution in [2.75, 3.05) is 0 Å². The van der Waals surface area contributed by atoms with E-state index in [4.69, 9.17) is 0 Å². The van der Waals surface area contributed by atoms with Gasteiger partial charge in [-0.3, -0.25) is 0 Å². The summed E-state index contributed by atoms with van der Waals surface area (Å²) in [6, 6.07) is 18.3. The third-order valence-corrected chi connectivity index (χ3v) is 26.0. The Morgan fingerprint density at radius 2 is 1.08 bits per heavy atom. The van der Waals surface area contributed by atoms with Crippen LogP contribution in [0.25, 0.3) is 12.2 Å². The van der Waals surface area contributed by atoms with Crippen LogP contribution in [-0.2, 0) is 20.0 Å². The summed E-state index contributed by atoms with van der Waals surface area (Å²) in [5, 5.41) is 0. The molecule has 1 fully saturated rings. The number of fused-ring (bicyclic) bond motifs is 2. The Morgan fingerprint density at radius 1 is 0.680 bits per heavy atom. The first kappa shape index (κ1) is 20.0. The van der Waals surface area contributed by atoms with Gasteiger partial charge >= 0.3 is 144 Å². The summed E-state index contributed by atoms with van der Waals surface area (Å²) >= 11 is -2.41. The van der Waals surface area contributed by atoms with Gasteiger partial charge in [0.2, 0.25) is 0 Å². The van der Waals surface area contributed by atoms with E-state index >= 15 is 0 Å². The minimum Gasteiger partial charge on any atom is 0 e. The average Bonchev–Trinajstić information content (AvgIpc) is 3.13. The van der Waals surface area contributed by atoms with Gasteiger partial charge in [-0.15, -0.1) is 0 Å². The van der Waals surface area contributed by atoms with E-state index < -0.39 is 20.0 Å². The largest absolute Gasteiger partial charge is 0 e. The molecule has 0 saturated carbocycles. The van der Waals surface area contributed by atoms with Crippen LogP contribution in [-0.4, -0.2) is 0 Å². The molecular weight excluding hydrogens is 697 g/mol. The van der Waals surface area contributed by atoms with Crippen LogP contribution >= 0.6 is 48.0 Å². The molecule has 2 aromatic rings. The molecule has 0 nitrogen and oxygen atoms in total. The summed E-state index contributed by atoms with van der Waals surface area (Å²) in [5.74, 6) is 0. The van der Waals surface area contributed by atoms with Crippen molar-refractivity contribution in [3.8, 4) is 0 Å². The van der Waals surface area contributed by atoms with E-state index in [-0.39, 0.29) is 48.0 Å². The Hall–Kier alpha value is 0.250. The van der Waals surface area contributed by atoms with Crippen LogP contribution < -0.4 is 0 Å². The summed E-state index contributed by atoms with van der Waals surface area (Å²) in [4.78, 5) is 0. The fraction of sp³-hybridized carbons (Fsp3) is 0.273. The van der Waals surface area contributed by atoms with Crippen LogP contribution in [0.5, 0.6) is 0 Å². The predicted octanol–water partition coefficient (Wildman–Crippen LogP) is 8.08. The van der Waals surface area contributed by atoms with Gasteiger partial charge in [-0.25, -0.2) is 0 Å². The Balaban J connectivity index is 0.000000911. The molecule has 0 spiro atoms. The second kappa shape index (κ2) is 7.34. The maximum absolute atomic E-state index is 2.47. The molecule has 2 radical (unpaired) electrons. The molecule has 1 aliphatic heterocycles. The zero-order chi connectivity index (χ0) is 15.6. The molecule has 0 N–H and O–H groups in total. The average molecular weight is 719 g/mol. The monoisotopic (exact) mass is 720 g/mol. The minimum atomic E-state index is -2.41. The van der Waals surface area contributed by atoms with E-state index in [2.05, 4.69) is 74.5 Å². The molecule has 128 valence electrons. The zero-order valence-electron chi connectivity index (χ0n) is 14.6. The molecule has 2 atom stereocenters. The molecule has 0 amide bonds. The van der Waals surface area contributed by atoms with Gasteiger partial charge in [-0.2, -0.15) is 0 Å². The summed E-state index contributed by atoms with van der Waals surface area (Å²) in [6.45, 7) is 4.79. The second-order valence-corrected chi connectivity index (χ2v) is 24.2. The molecule has 3 heteroatoms. The zero-order valence-corrected chi connectivity index (χ0v) is 22.5. The Morgan fingerprint density at radius 3 is 1.48 bits per heavy atom. The van der Waals surface area contributed by atoms with Crippen LogP contribution in [0.15, 0.2) is 59.7 Å². The minimum absolute atomic E-state index is 0. The maximum atomic E-state index is 2.47. The second-order valence-electron chi connectivity index (χ2n) is 7.63. The van der Waals surface area contributed by atoms with Crippen LogP contribution in [0, 0.1) is 0 Å². The number of rotatable bonds is 2. The molecule has 3 aliphatic rings. The first-order valence-corrected chi connectivity index (χ1v) is 18.0. The SMILES string of the molecule is CC1=Cc2ccccc2[CH]1[Hf]1([CH]2C(C)=Cc3ccccc32)[CH2][CH2]1.[I].[I]. The quantitative estimate of drug-likeness (QED) is 0.218. The maximum Gasteiger partial charge on any atom is 0 e. The van der Waals surface area contributed by atoms with Crippen molar-refractivity contribution >= 4 is 60.1 Å². The third kappa shape index (κ3) is 3.00. The van der Waals surface area contributed by atoms with Crippen LogP contribution in [0.4, 0.5) is 0 Å².